The van der Waals surface area contributed by atoms with Gasteiger partial charge in [-0.25, -0.2) is 0 Å². The molecule has 1 aromatic rings. The first-order valence-corrected chi connectivity index (χ1v) is 10.2. The van der Waals surface area contributed by atoms with Gasteiger partial charge in [0.25, 0.3) is 11.1 Å². The number of methoxy groups -OCH3 is 1. The van der Waals surface area contributed by atoms with Gasteiger partial charge in [0.05, 0.1) is 18.1 Å². The number of imide groups is 1. The van der Waals surface area contributed by atoms with Crippen molar-refractivity contribution in [3.8, 4) is 11.5 Å². The normalized spacial score (nSPS) is 16.9. The SMILES string of the molecule is CC[C@@H](C)Oc1ccc(/C=C2/SC(=O)N(CC(=O)OC(C)(C)C)C2=O)cc1OC. The first-order chi connectivity index (χ1) is 13.5. The van der Waals surface area contributed by atoms with E-state index in [0.29, 0.717) is 17.1 Å². The average molecular weight is 422 g/mol. The van der Waals surface area contributed by atoms with Crippen molar-refractivity contribution in [2.75, 3.05) is 13.7 Å². The third-order valence-corrected chi connectivity index (χ3v) is 4.88. The fourth-order valence-corrected chi connectivity index (χ4v) is 3.30. The van der Waals surface area contributed by atoms with Crippen LogP contribution >= 0.6 is 11.8 Å². The Kier molecular flexibility index (Phi) is 7.35. The minimum absolute atomic E-state index is 0.0408. The minimum Gasteiger partial charge on any atom is -0.493 e. The van der Waals surface area contributed by atoms with Gasteiger partial charge in [0.1, 0.15) is 12.1 Å². The summed E-state index contributed by atoms with van der Waals surface area (Å²) in [7, 11) is 1.54. The lowest BCUT2D eigenvalue weighted by Crippen LogP contribution is -2.37. The zero-order chi connectivity index (χ0) is 21.8. The Labute approximate surface area is 175 Å². The Morgan fingerprint density at radius 3 is 2.52 bits per heavy atom. The monoisotopic (exact) mass is 421 g/mol. The molecule has 1 aliphatic heterocycles. The summed E-state index contributed by atoms with van der Waals surface area (Å²) in [6.07, 6.45) is 2.49. The summed E-state index contributed by atoms with van der Waals surface area (Å²) >= 11 is 0.787. The zero-order valence-electron chi connectivity index (χ0n) is 17.6. The number of nitrogens with zero attached hydrogens (tertiary/aromatic N) is 1. The van der Waals surface area contributed by atoms with Gasteiger partial charge in [0.15, 0.2) is 11.5 Å². The molecule has 0 spiro atoms. The lowest BCUT2D eigenvalue weighted by Gasteiger charge is -2.21. The van der Waals surface area contributed by atoms with Crippen molar-refractivity contribution < 1.29 is 28.6 Å². The number of carbonyl (C=O) groups is 3. The first-order valence-electron chi connectivity index (χ1n) is 9.36. The number of esters is 1. The van der Waals surface area contributed by atoms with Crippen molar-refractivity contribution in [1.82, 2.24) is 4.90 Å². The fraction of sp³-hybridized carbons (Fsp3) is 0.476. The van der Waals surface area contributed by atoms with Crippen LogP contribution in [0.3, 0.4) is 0 Å². The number of rotatable bonds is 7. The summed E-state index contributed by atoms with van der Waals surface area (Å²) < 4.78 is 16.4. The van der Waals surface area contributed by atoms with E-state index < -0.39 is 29.3 Å². The molecule has 1 saturated heterocycles. The van der Waals surface area contributed by atoms with Gasteiger partial charge in [0, 0.05) is 0 Å². The van der Waals surface area contributed by atoms with Gasteiger partial charge in [-0.05, 0) is 69.6 Å². The van der Waals surface area contributed by atoms with Crippen LogP contribution in [-0.2, 0) is 14.3 Å². The molecule has 1 aromatic carbocycles. The second kappa shape index (κ2) is 9.35. The molecule has 1 atom stereocenters. The quantitative estimate of drug-likeness (QED) is 0.481. The summed E-state index contributed by atoms with van der Waals surface area (Å²) in [6, 6.07) is 5.28. The summed E-state index contributed by atoms with van der Waals surface area (Å²) in [5.41, 5.74) is -0.00853. The minimum atomic E-state index is -0.690. The Bertz CT molecular complexity index is 827. The van der Waals surface area contributed by atoms with Gasteiger partial charge in [0.2, 0.25) is 0 Å². The summed E-state index contributed by atoms with van der Waals surface area (Å²) in [5.74, 6) is -0.0110. The maximum Gasteiger partial charge on any atom is 0.326 e. The number of ether oxygens (including phenoxy) is 3. The first kappa shape index (κ1) is 22.8. The topological polar surface area (TPSA) is 82.1 Å². The molecule has 29 heavy (non-hydrogen) atoms. The third kappa shape index (κ3) is 6.25. The molecule has 0 radical (unpaired) electrons. The molecule has 7 nitrogen and oxygen atoms in total. The smallest absolute Gasteiger partial charge is 0.326 e. The van der Waals surface area contributed by atoms with Crippen molar-refractivity contribution in [1.29, 1.82) is 0 Å². The fourth-order valence-electron chi connectivity index (χ4n) is 2.46. The molecule has 0 bridgehead atoms. The summed E-state index contributed by atoms with van der Waals surface area (Å²) in [5, 5.41) is -0.504. The summed E-state index contributed by atoms with van der Waals surface area (Å²) in [4.78, 5) is 37.9. The standard InChI is InChI=1S/C21H27NO6S/c1-7-13(2)27-15-9-8-14(10-16(15)26-6)11-17-19(24)22(20(25)29-17)12-18(23)28-21(3,4)5/h8-11,13H,7,12H2,1-6H3/b17-11+/t13-/m1/s1. The largest absolute Gasteiger partial charge is 0.493 e. The molecule has 8 heteroatoms. The predicted octanol–water partition coefficient (Wildman–Crippen LogP) is 4.25. The molecule has 1 aliphatic rings. The molecule has 0 aromatic heterocycles. The molecule has 1 fully saturated rings. The summed E-state index contributed by atoms with van der Waals surface area (Å²) in [6.45, 7) is 8.75. The van der Waals surface area contributed by atoms with Crippen molar-refractivity contribution in [2.45, 2.75) is 52.7 Å². The molecular formula is C21H27NO6S. The van der Waals surface area contributed by atoms with Crippen molar-refractivity contribution in [2.24, 2.45) is 0 Å². The molecule has 0 unspecified atom stereocenters. The highest BCUT2D eigenvalue weighted by Gasteiger charge is 2.37. The van der Waals surface area contributed by atoms with E-state index in [1.165, 1.54) is 7.11 Å². The molecule has 0 saturated carbocycles. The van der Waals surface area contributed by atoms with Gasteiger partial charge < -0.3 is 14.2 Å². The number of hydrogen-bond acceptors (Lipinski definition) is 7. The Morgan fingerprint density at radius 1 is 1.24 bits per heavy atom. The van der Waals surface area contributed by atoms with E-state index >= 15 is 0 Å². The maximum absolute atomic E-state index is 12.6. The van der Waals surface area contributed by atoms with Crippen LogP contribution in [0.25, 0.3) is 6.08 Å². The molecular weight excluding hydrogens is 394 g/mol. The van der Waals surface area contributed by atoms with E-state index in [0.717, 1.165) is 23.1 Å². The lowest BCUT2D eigenvalue weighted by molar-refractivity contribution is -0.156. The highest BCUT2D eigenvalue weighted by atomic mass is 32.2. The van der Waals surface area contributed by atoms with Crippen LogP contribution in [0, 0.1) is 0 Å². The lowest BCUT2D eigenvalue weighted by atomic mass is 10.1. The van der Waals surface area contributed by atoms with Crippen LogP contribution in [0.15, 0.2) is 23.1 Å². The van der Waals surface area contributed by atoms with E-state index in [1.807, 2.05) is 13.8 Å². The zero-order valence-corrected chi connectivity index (χ0v) is 18.4. The number of benzene rings is 1. The second-order valence-corrected chi connectivity index (χ2v) is 8.59. The number of hydrogen-bond donors (Lipinski definition) is 0. The van der Waals surface area contributed by atoms with E-state index in [9.17, 15) is 14.4 Å². The van der Waals surface area contributed by atoms with E-state index in [4.69, 9.17) is 14.2 Å². The molecule has 2 rings (SSSR count). The van der Waals surface area contributed by atoms with Gasteiger partial charge in [-0.15, -0.1) is 0 Å². The molecule has 1 heterocycles. The van der Waals surface area contributed by atoms with Crippen LogP contribution in [0.2, 0.25) is 0 Å². The predicted molar refractivity (Wildman–Crippen MR) is 112 cm³/mol. The molecule has 158 valence electrons. The molecule has 0 N–H and O–H groups in total. The Hall–Kier alpha value is -2.48. The number of carbonyl (C=O) groups excluding carboxylic acids is 3. The van der Waals surface area contributed by atoms with Gasteiger partial charge in [-0.3, -0.25) is 19.3 Å². The van der Waals surface area contributed by atoms with Crippen molar-refractivity contribution >= 4 is 35.0 Å². The Balaban J connectivity index is 2.17. The molecule has 2 amide bonds. The van der Waals surface area contributed by atoms with E-state index in [1.54, 1.807) is 45.0 Å². The van der Waals surface area contributed by atoms with Crippen LogP contribution in [0.5, 0.6) is 11.5 Å². The van der Waals surface area contributed by atoms with Crippen molar-refractivity contribution in [3.63, 3.8) is 0 Å². The second-order valence-electron chi connectivity index (χ2n) is 7.60. The highest BCUT2D eigenvalue weighted by Crippen LogP contribution is 2.35. The van der Waals surface area contributed by atoms with Gasteiger partial charge in [-0.2, -0.15) is 0 Å². The van der Waals surface area contributed by atoms with Crippen LogP contribution in [0.1, 0.15) is 46.6 Å². The van der Waals surface area contributed by atoms with Crippen LogP contribution in [-0.4, -0.2) is 47.4 Å². The highest BCUT2D eigenvalue weighted by molar-refractivity contribution is 8.18. The van der Waals surface area contributed by atoms with Crippen LogP contribution in [0.4, 0.5) is 4.79 Å². The van der Waals surface area contributed by atoms with Gasteiger partial charge in [-0.1, -0.05) is 13.0 Å². The average Bonchev–Trinajstić information content (AvgIpc) is 2.88. The number of amides is 2. The van der Waals surface area contributed by atoms with Crippen molar-refractivity contribution in [3.05, 3.63) is 28.7 Å². The van der Waals surface area contributed by atoms with E-state index in [-0.39, 0.29) is 11.0 Å². The number of thioether (sulfide) groups is 1. The molecule has 0 aliphatic carbocycles. The maximum atomic E-state index is 12.6. The van der Waals surface area contributed by atoms with Gasteiger partial charge >= 0.3 is 5.97 Å². The van der Waals surface area contributed by atoms with E-state index in [2.05, 4.69) is 0 Å². The third-order valence-electron chi connectivity index (χ3n) is 3.97. The van der Waals surface area contributed by atoms with Crippen LogP contribution < -0.4 is 9.47 Å². The Morgan fingerprint density at radius 2 is 1.93 bits per heavy atom.